The van der Waals surface area contributed by atoms with Crippen LogP contribution < -0.4 is 0 Å². The van der Waals surface area contributed by atoms with E-state index in [0.717, 1.165) is 28.7 Å². The second-order valence-corrected chi connectivity index (χ2v) is 6.19. The lowest BCUT2D eigenvalue weighted by Crippen LogP contribution is -2.28. The molecule has 1 aromatic carbocycles. The standard InChI is InChI=1S/C20H24N4O2/c1-4-24-19-17(14-21-24)16(20(25)23(2)11-8-12-26-3)13-18(22-19)15-9-6-5-7-10-15/h5-7,9-10,13-14H,4,8,11-12H2,1-3H3. The van der Waals surface area contributed by atoms with Gasteiger partial charge >= 0.3 is 0 Å². The van der Waals surface area contributed by atoms with E-state index in [9.17, 15) is 4.79 Å². The number of pyridine rings is 1. The lowest BCUT2D eigenvalue weighted by Gasteiger charge is -2.18. The van der Waals surface area contributed by atoms with E-state index in [-0.39, 0.29) is 5.91 Å². The summed E-state index contributed by atoms with van der Waals surface area (Å²) in [5.41, 5.74) is 3.13. The van der Waals surface area contributed by atoms with E-state index in [4.69, 9.17) is 9.72 Å². The normalized spacial score (nSPS) is 11.0. The largest absolute Gasteiger partial charge is 0.385 e. The molecule has 3 rings (SSSR count). The monoisotopic (exact) mass is 352 g/mol. The van der Waals surface area contributed by atoms with Gasteiger partial charge in [0.05, 0.1) is 22.8 Å². The van der Waals surface area contributed by atoms with E-state index >= 15 is 0 Å². The molecular formula is C20H24N4O2. The first kappa shape index (κ1) is 18.1. The Morgan fingerprint density at radius 2 is 2.04 bits per heavy atom. The summed E-state index contributed by atoms with van der Waals surface area (Å²) < 4.78 is 6.90. The molecule has 0 atom stereocenters. The van der Waals surface area contributed by atoms with Gasteiger partial charge in [-0.25, -0.2) is 9.67 Å². The number of rotatable bonds is 7. The van der Waals surface area contributed by atoms with Crippen molar-refractivity contribution in [2.45, 2.75) is 19.9 Å². The second kappa shape index (κ2) is 8.10. The van der Waals surface area contributed by atoms with Crippen LogP contribution in [0.2, 0.25) is 0 Å². The lowest BCUT2D eigenvalue weighted by atomic mass is 10.1. The van der Waals surface area contributed by atoms with Crippen LogP contribution in [0.15, 0.2) is 42.6 Å². The molecule has 0 bridgehead atoms. The first-order valence-corrected chi connectivity index (χ1v) is 8.82. The predicted molar refractivity (Wildman–Crippen MR) is 102 cm³/mol. The number of hydrogen-bond acceptors (Lipinski definition) is 4. The third kappa shape index (κ3) is 3.60. The molecule has 2 aromatic heterocycles. The first-order chi connectivity index (χ1) is 12.7. The zero-order valence-electron chi connectivity index (χ0n) is 15.5. The molecule has 0 aliphatic carbocycles. The number of hydrogen-bond donors (Lipinski definition) is 0. The van der Waals surface area contributed by atoms with Crippen LogP contribution in [0.1, 0.15) is 23.7 Å². The number of methoxy groups -OCH3 is 1. The van der Waals surface area contributed by atoms with Crippen molar-refractivity contribution < 1.29 is 9.53 Å². The average Bonchev–Trinajstić information content (AvgIpc) is 3.10. The quantitative estimate of drug-likeness (QED) is 0.613. The van der Waals surface area contributed by atoms with Crippen LogP contribution in [-0.4, -0.2) is 52.9 Å². The van der Waals surface area contributed by atoms with Crippen molar-refractivity contribution in [2.75, 3.05) is 27.3 Å². The van der Waals surface area contributed by atoms with Crippen molar-refractivity contribution in [3.63, 3.8) is 0 Å². The summed E-state index contributed by atoms with van der Waals surface area (Å²) in [6.45, 7) is 3.99. The molecule has 0 N–H and O–H groups in total. The third-order valence-corrected chi connectivity index (χ3v) is 4.40. The van der Waals surface area contributed by atoms with Gasteiger partial charge < -0.3 is 9.64 Å². The molecule has 26 heavy (non-hydrogen) atoms. The summed E-state index contributed by atoms with van der Waals surface area (Å²) in [5, 5.41) is 5.18. The molecule has 0 radical (unpaired) electrons. The number of carbonyl (C=O) groups excluding carboxylic acids is 1. The van der Waals surface area contributed by atoms with E-state index in [2.05, 4.69) is 5.10 Å². The van der Waals surface area contributed by atoms with Gasteiger partial charge in [0, 0.05) is 39.4 Å². The minimum absolute atomic E-state index is 0.0265. The highest BCUT2D eigenvalue weighted by atomic mass is 16.5. The second-order valence-electron chi connectivity index (χ2n) is 6.19. The van der Waals surface area contributed by atoms with Crippen LogP contribution in [0.3, 0.4) is 0 Å². The third-order valence-electron chi connectivity index (χ3n) is 4.40. The van der Waals surface area contributed by atoms with Crippen LogP contribution in [0, 0.1) is 0 Å². The molecular weight excluding hydrogens is 328 g/mol. The molecule has 0 saturated carbocycles. The molecule has 0 saturated heterocycles. The number of carbonyl (C=O) groups is 1. The molecule has 1 amide bonds. The molecule has 6 heteroatoms. The first-order valence-electron chi connectivity index (χ1n) is 8.82. The van der Waals surface area contributed by atoms with Crippen LogP contribution in [0.4, 0.5) is 0 Å². The maximum atomic E-state index is 13.1. The molecule has 3 aromatic rings. The van der Waals surface area contributed by atoms with Gasteiger partial charge in [-0.3, -0.25) is 4.79 Å². The number of aromatic nitrogens is 3. The average molecular weight is 352 g/mol. The molecule has 0 unspecified atom stereocenters. The Bertz CT molecular complexity index is 889. The number of fused-ring (bicyclic) bond motifs is 1. The van der Waals surface area contributed by atoms with E-state index in [0.29, 0.717) is 25.3 Å². The molecule has 2 heterocycles. The minimum Gasteiger partial charge on any atom is -0.385 e. The summed E-state index contributed by atoms with van der Waals surface area (Å²) in [4.78, 5) is 19.5. The van der Waals surface area contributed by atoms with E-state index in [1.807, 2.05) is 55.1 Å². The molecule has 0 aliphatic rings. The fourth-order valence-corrected chi connectivity index (χ4v) is 2.97. The number of amides is 1. The number of benzene rings is 1. The van der Waals surface area contributed by atoms with Crippen molar-refractivity contribution >= 4 is 16.9 Å². The zero-order chi connectivity index (χ0) is 18.5. The van der Waals surface area contributed by atoms with E-state index in [1.165, 1.54) is 0 Å². The van der Waals surface area contributed by atoms with Crippen molar-refractivity contribution in [3.05, 3.63) is 48.2 Å². The van der Waals surface area contributed by atoms with Crippen molar-refractivity contribution in [1.29, 1.82) is 0 Å². The van der Waals surface area contributed by atoms with Gasteiger partial charge in [0.2, 0.25) is 0 Å². The molecule has 0 spiro atoms. The van der Waals surface area contributed by atoms with Crippen molar-refractivity contribution in [2.24, 2.45) is 0 Å². The Labute approximate surface area is 153 Å². The van der Waals surface area contributed by atoms with Gasteiger partial charge in [0.25, 0.3) is 5.91 Å². The van der Waals surface area contributed by atoms with Crippen molar-refractivity contribution in [3.8, 4) is 11.3 Å². The summed E-state index contributed by atoms with van der Waals surface area (Å²) in [7, 11) is 3.48. The van der Waals surface area contributed by atoms with Gasteiger partial charge in [0.1, 0.15) is 0 Å². The zero-order valence-corrected chi connectivity index (χ0v) is 15.5. The maximum absolute atomic E-state index is 13.1. The Balaban J connectivity index is 2.05. The van der Waals surface area contributed by atoms with Gasteiger partial charge in [-0.15, -0.1) is 0 Å². The fourth-order valence-electron chi connectivity index (χ4n) is 2.97. The highest BCUT2D eigenvalue weighted by Gasteiger charge is 2.19. The van der Waals surface area contributed by atoms with Crippen LogP contribution in [0.5, 0.6) is 0 Å². The smallest absolute Gasteiger partial charge is 0.254 e. The summed E-state index contributed by atoms with van der Waals surface area (Å²) in [5.74, 6) is -0.0265. The van der Waals surface area contributed by atoms with Crippen LogP contribution >= 0.6 is 0 Å². The summed E-state index contributed by atoms with van der Waals surface area (Å²) >= 11 is 0. The van der Waals surface area contributed by atoms with Gasteiger partial charge in [-0.05, 0) is 19.4 Å². The Morgan fingerprint density at radius 3 is 2.73 bits per heavy atom. The topological polar surface area (TPSA) is 60.2 Å². The highest BCUT2D eigenvalue weighted by Crippen LogP contribution is 2.25. The van der Waals surface area contributed by atoms with Gasteiger partial charge in [0.15, 0.2) is 5.65 Å². The van der Waals surface area contributed by atoms with Crippen molar-refractivity contribution in [1.82, 2.24) is 19.7 Å². The Hall–Kier alpha value is -2.73. The SMILES string of the molecule is CCn1ncc2c(C(=O)N(C)CCCOC)cc(-c3ccccc3)nc21. The number of nitrogens with zero attached hydrogens (tertiary/aromatic N) is 4. The number of ether oxygens (including phenoxy) is 1. The Morgan fingerprint density at radius 1 is 1.27 bits per heavy atom. The highest BCUT2D eigenvalue weighted by molar-refractivity contribution is 6.06. The predicted octanol–water partition coefficient (Wildman–Crippen LogP) is 3.23. The summed E-state index contributed by atoms with van der Waals surface area (Å²) in [6, 6.07) is 11.8. The summed E-state index contributed by atoms with van der Waals surface area (Å²) in [6.07, 6.45) is 2.53. The molecule has 136 valence electrons. The maximum Gasteiger partial charge on any atom is 0.254 e. The lowest BCUT2D eigenvalue weighted by molar-refractivity contribution is 0.0781. The Kier molecular flexibility index (Phi) is 5.63. The fraction of sp³-hybridized carbons (Fsp3) is 0.350. The molecule has 0 aliphatic heterocycles. The van der Waals surface area contributed by atoms with E-state index in [1.54, 1.807) is 18.2 Å². The van der Waals surface area contributed by atoms with Gasteiger partial charge in [-0.2, -0.15) is 5.10 Å². The molecule has 6 nitrogen and oxygen atoms in total. The van der Waals surface area contributed by atoms with Gasteiger partial charge in [-0.1, -0.05) is 30.3 Å². The van der Waals surface area contributed by atoms with E-state index < -0.39 is 0 Å². The number of aryl methyl sites for hydroxylation is 1. The molecule has 0 fully saturated rings. The minimum atomic E-state index is -0.0265. The van der Waals surface area contributed by atoms with Crippen LogP contribution in [-0.2, 0) is 11.3 Å². The van der Waals surface area contributed by atoms with Crippen LogP contribution in [0.25, 0.3) is 22.3 Å².